The maximum atomic E-state index is 8.09. The molecule has 1 heterocycles. The summed E-state index contributed by atoms with van der Waals surface area (Å²) in [4.78, 5) is 0. The number of nitrogens with zero attached hydrogens (tertiary/aromatic N) is 1. The molecule has 0 aliphatic carbocycles. The minimum absolute atomic E-state index is 0.444. The van der Waals surface area contributed by atoms with E-state index in [9.17, 15) is 0 Å². The van der Waals surface area contributed by atoms with Gasteiger partial charge in [0.1, 0.15) is 11.6 Å². The van der Waals surface area contributed by atoms with Crippen LogP contribution in [0.2, 0.25) is 0 Å². The summed E-state index contributed by atoms with van der Waals surface area (Å²) < 4.78 is 4.46. The molecule has 0 saturated heterocycles. The maximum Gasteiger partial charge on any atom is 0.188 e. The highest BCUT2D eigenvalue weighted by Crippen LogP contribution is 1.93. The number of hydrogen-bond donors (Lipinski definition) is 0. The first-order chi connectivity index (χ1) is 3.43. The predicted molar refractivity (Wildman–Crippen MR) is 22.3 cm³/mol. The van der Waals surface area contributed by atoms with E-state index in [2.05, 4.69) is 10.7 Å². The Labute approximate surface area is 41.0 Å². The van der Waals surface area contributed by atoms with Crippen LogP contribution in [0.1, 0.15) is 5.56 Å². The van der Waals surface area contributed by atoms with Crippen molar-refractivity contribution >= 4 is 0 Å². The first-order valence-electron chi connectivity index (χ1n) is 1.79. The van der Waals surface area contributed by atoms with Crippen molar-refractivity contribution in [3.8, 4) is 6.07 Å². The van der Waals surface area contributed by atoms with Gasteiger partial charge in [0, 0.05) is 0 Å². The molecule has 2 nitrogen and oxygen atoms in total. The van der Waals surface area contributed by atoms with Gasteiger partial charge in [-0.25, -0.2) is 0 Å². The Balaban J connectivity index is 3.04. The molecule has 0 aliphatic heterocycles. The lowest BCUT2D eigenvalue weighted by Crippen LogP contribution is -1.55. The summed E-state index contributed by atoms with van der Waals surface area (Å²) >= 11 is 0. The third-order valence-electron chi connectivity index (χ3n) is 0.592. The van der Waals surface area contributed by atoms with E-state index in [0.29, 0.717) is 5.56 Å². The van der Waals surface area contributed by atoms with Crippen LogP contribution in [0.4, 0.5) is 0 Å². The normalized spacial score (nSPS) is 7.86. The molecule has 0 aromatic carbocycles. The molecule has 0 spiro atoms. The fraction of sp³-hybridized carbons (Fsp3) is 0. The highest BCUT2D eigenvalue weighted by Gasteiger charge is 1.85. The largest absolute Gasteiger partial charge is 0.460 e. The van der Waals surface area contributed by atoms with Crippen LogP contribution < -0.4 is 0 Å². The fourth-order valence-corrected chi connectivity index (χ4v) is 0.294. The van der Waals surface area contributed by atoms with E-state index in [-0.39, 0.29) is 0 Å². The minimum atomic E-state index is 0.444. The molecule has 1 radical (unpaired) electrons. The van der Waals surface area contributed by atoms with Crippen LogP contribution in [0.15, 0.2) is 16.7 Å². The Kier molecular flexibility index (Phi) is 0.833. The third kappa shape index (κ3) is 0.606. The van der Waals surface area contributed by atoms with Crippen molar-refractivity contribution in [3.63, 3.8) is 0 Å². The smallest absolute Gasteiger partial charge is 0.188 e. The van der Waals surface area contributed by atoms with Crippen molar-refractivity contribution in [2.75, 3.05) is 0 Å². The van der Waals surface area contributed by atoms with Crippen LogP contribution >= 0.6 is 0 Å². The van der Waals surface area contributed by atoms with E-state index in [1.165, 1.54) is 6.26 Å². The highest BCUT2D eigenvalue weighted by molar-refractivity contribution is 5.20. The maximum absolute atomic E-state index is 8.09. The summed E-state index contributed by atoms with van der Waals surface area (Å²) in [5, 5.41) is 8.09. The number of rotatable bonds is 0. The number of furan rings is 1. The average molecular weight is 92.1 g/mol. The Morgan fingerprint density at radius 1 is 1.86 bits per heavy atom. The molecule has 0 unspecified atom stereocenters. The Morgan fingerprint density at radius 2 is 2.71 bits per heavy atom. The summed E-state index contributed by atoms with van der Waals surface area (Å²) in [5.74, 6) is 0. The van der Waals surface area contributed by atoms with Crippen molar-refractivity contribution < 1.29 is 4.42 Å². The van der Waals surface area contributed by atoms with Crippen molar-refractivity contribution in [1.29, 1.82) is 5.26 Å². The summed E-state index contributed by atoms with van der Waals surface area (Å²) in [6.07, 6.45) is 3.77. The van der Waals surface area contributed by atoms with Crippen LogP contribution in [0.25, 0.3) is 0 Å². The zero-order valence-corrected chi connectivity index (χ0v) is 3.51. The number of hydrogen-bond acceptors (Lipinski definition) is 2. The molecular formula is C5H2NO. The van der Waals surface area contributed by atoms with Crippen LogP contribution in [-0.2, 0) is 0 Å². The van der Waals surface area contributed by atoms with E-state index in [4.69, 9.17) is 5.26 Å². The molecule has 0 N–H and O–H groups in total. The van der Waals surface area contributed by atoms with Crippen LogP contribution in [0, 0.1) is 17.6 Å². The van der Waals surface area contributed by atoms with Crippen LogP contribution in [-0.4, -0.2) is 0 Å². The molecule has 0 bridgehead atoms. The van der Waals surface area contributed by atoms with E-state index < -0.39 is 0 Å². The first kappa shape index (κ1) is 3.94. The highest BCUT2D eigenvalue weighted by atomic mass is 16.3. The Morgan fingerprint density at radius 3 is 3.00 bits per heavy atom. The van der Waals surface area contributed by atoms with Crippen molar-refractivity contribution in [3.05, 3.63) is 24.2 Å². The monoisotopic (exact) mass is 92.0 g/mol. The SMILES string of the molecule is N#Cc1[c]occ1. The topological polar surface area (TPSA) is 36.9 Å². The second-order valence-corrected chi connectivity index (χ2v) is 1.05. The minimum Gasteiger partial charge on any atom is -0.460 e. The van der Waals surface area contributed by atoms with E-state index in [0.717, 1.165) is 0 Å². The average Bonchev–Trinajstić information content (AvgIpc) is 2.14. The van der Waals surface area contributed by atoms with Crippen LogP contribution in [0.5, 0.6) is 0 Å². The van der Waals surface area contributed by atoms with Crippen LogP contribution in [0.3, 0.4) is 0 Å². The molecular weight excluding hydrogens is 90.1 g/mol. The second kappa shape index (κ2) is 1.48. The van der Waals surface area contributed by atoms with Gasteiger partial charge in [-0.15, -0.1) is 0 Å². The molecule has 1 aromatic rings. The molecule has 0 fully saturated rings. The van der Waals surface area contributed by atoms with Crippen molar-refractivity contribution in [2.45, 2.75) is 0 Å². The second-order valence-electron chi connectivity index (χ2n) is 1.05. The van der Waals surface area contributed by atoms with Gasteiger partial charge in [0.25, 0.3) is 0 Å². The van der Waals surface area contributed by atoms with Gasteiger partial charge in [0.15, 0.2) is 6.26 Å². The molecule has 0 amide bonds. The summed E-state index contributed by atoms with van der Waals surface area (Å²) in [7, 11) is 0. The van der Waals surface area contributed by atoms with Gasteiger partial charge in [-0.1, -0.05) is 0 Å². The van der Waals surface area contributed by atoms with Gasteiger partial charge in [0.2, 0.25) is 0 Å². The molecule has 1 aromatic heterocycles. The standard InChI is InChI=1S/C5H2NO/c6-3-5-1-2-7-4-5/h1-2H. The van der Waals surface area contributed by atoms with Gasteiger partial charge in [-0.2, -0.15) is 5.26 Å². The van der Waals surface area contributed by atoms with E-state index in [1.807, 2.05) is 6.07 Å². The molecule has 1 rings (SSSR count). The predicted octanol–water partition coefficient (Wildman–Crippen LogP) is 0.951. The quantitative estimate of drug-likeness (QED) is 0.477. The molecule has 2 heteroatoms. The summed E-state index contributed by atoms with van der Waals surface area (Å²) in [6, 6.07) is 3.41. The summed E-state index contributed by atoms with van der Waals surface area (Å²) in [6.45, 7) is 0. The Bertz CT molecular complexity index is 170. The molecule has 7 heavy (non-hydrogen) atoms. The molecule has 33 valence electrons. The lowest BCUT2D eigenvalue weighted by Gasteiger charge is -1.58. The van der Waals surface area contributed by atoms with Gasteiger partial charge >= 0.3 is 0 Å². The molecule has 0 saturated carbocycles. The zero-order valence-electron chi connectivity index (χ0n) is 3.51. The Hall–Kier alpha value is -1.23. The van der Waals surface area contributed by atoms with E-state index in [1.54, 1.807) is 6.07 Å². The van der Waals surface area contributed by atoms with Gasteiger partial charge in [-0.05, 0) is 6.07 Å². The third-order valence-corrected chi connectivity index (χ3v) is 0.592. The van der Waals surface area contributed by atoms with Crippen molar-refractivity contribution in [2.24, 2.45) is 0 Å². The van der Waals surface area contributed by atoms with Gasteiger partial charge < -0.3 is 4.42 Å². The molecule has 0 aliphatic rings. The fourth-order valence-electron chi connectivity index (χ4n) is 0.294. The zero-order chi connectivity index (χ0) is 5.11. The summed E-state index contributed by atoms with van der Waals surface area (Å²) in [5.41, 5.74) is 0.444. The van der Waals surface area contributed by atoms with Gasteiger partial charge in [0.05, 0.1) is 6.26 Å². The first-order valence-corrected chi connectivity index (χ1v) is 1.79. The lowest BCUT2D eigenvalue weighted by atomic mass is 10.4. The lowest BCUT2D eigenvalue weighted by molar-refractivity contribution is 0.557. The van der Waals surface area contributed by atoms with E-state index >= 15 is 0 Å². The molecule has 0 atom stereocenters. The van der Waals surface area contributed by atoms with Gasteiger partial charge in [-0.3, -0.25) is 0 Å². The number of nitriles is 1. The van der Waals surface area contributed by atoms with Crippen molar-refractivity contribution in [1.82, 2.24) is 0 Å².